The second-order valence-electron chi connectivity index (χ2n) is 4.23. The van der Waals surface area contributed by atoms with Crippen LogP contribution in [-0.4, -0.2) is 0 Å². The van der Waals surface area contributed by atoms with E-state index in [1.165, 1.54) is 12.1 Å². The lowest BCUT2D eigenvalue weighted by atomic mass is 10.1. The smallest absolute Gasteiger partial charge is 0.368 e. The first-order valence-corrected chi connectivity index (χ1v) is 5.95. The molecule has 0 aliphatic carbocycles. The van der Waals surface area contributed by atoms with Crippen LogP contribution < -0.4 is 5.32 Å². The Morgan fingerprint density at radius 1 is 0.950 bits per heavy atom. The van der Waals surface area contributed by atoms with Crippen molar-refractivity contribution >= 4 is 5.69 Å². The van der Waals surface area contributed by atoms with E-state index in [9.17, 15) is 13.2 Å². The second kappa shape index (κ2) is 5.70. The summed E-state index contributed by atoms with van der Waals surface area (Å²) in [5, 5.41) is 3.02. The van der Waals surface area contributed by atoms with Gasteiger partial charge in [-0.25, -0.2) is 0 Å². The van der Waals surface area contributed by atoms with Crippen LogP contribution in [0.15, 0.2) is 54.6 Å². The molecule has 1 nitrogen and oxygen atoms in total. The number of terminal acetylenes is 1. The third kappa shape index (κ3) is 3.33. The van der Waals surface area contributed by atoms with Crippen LogP contribution in [0.3, 0.4) is 0 Å². The Kier molecular flexibility index (Phi) is 3.99. The van der Waals surface area contributed by atoms with Gasteiger partial charge >= 0.3 is 6.18 Å². The second-order valence-corrected chi connectivity index (χ2v) is 4.23. The molecule has 4 heteroatoms. The van der Waals surface area contributed by atoms with E-state index in [-0.39, 0.29) is 6.04 Å². The number of nitrogens with one attached hydrogen (secondary N) is 1. The fraction of sp³-hybridized carbons (Fsp3) is 0.125. The average Bonchev–Trinajstić information content (AvgIpc) is 2.45. The maximum absolute atomic E-state index is 12.5. The summed E-state index contributed by atoms with van der Waals surface area (Å²) in [5.41, 5.74) is 0.750. The van der Waals surface area contributed by atoms with E-state index in [0.29, 0.717) is 5.69 Å². The predicted molar refractivity (Wildman–Crippen MR) is 73.1 cm³/mol. The Morgan fingerprint density at radius 2 is 1.55 bits per heavy atom. The van der Waals surface area contributed by atoms with Crippen LogP contribution in [0.2, 0.25) is 0 Å². The quantitative estimate of drug-likeness (QED) is 0.814. The molecule has 1 atom stereocenters. The van der Waals surface area contributed by atoms with Gasteiger partial charge in [0, 0.05) is 5.69 Å². The van der Waals surface area contributed by atoms with Crippen molar-refractivity contribution in [3.05, 3.63) is 65.7 Å². The standard InChI is InChI=1S/C16H12F3N/c1-2-15(12-6-4-3-5-7-12)20-14-10-8-13(9-11-14)16(17,18)19/h1,3-11,15,20H. The SMILES string of the molecule is C#CC(Nc1ccc(C(F)(F)F)cc1)c1ccccc1. The highest BCUT2D eigenvalue weighted by Gasteiger charge is 2.29. The fourth-order valence-electron chi connectivity index (χ4n) is 1.79. The minimum absolute atomic E-state index is 0.382. The van der Waals surface area contributed by atoms with E-state index in [4.69, 9.17) is 6.42 Å². The molecule has 0 heterocycles. The largest absolute Gasteiger partial charge is 0.416 e. The Morgan fingerprint density at radius 3 is 2.05 bits per heavy atom. The van der Waals surface area contributed by atoms with E-state index in [1.54, 1.807) is 0 Å². The van der Waals surface area contributed by atoms with Crippen molar-refractivity contribution in [3.63, 3.8) is 0 Å². The molecule has 0 saturated carbocycles. The van der Waals surface area contributed by atoms with Gasteiger partial charge in [-0.15, -0.1) is 6.42 Å². The number of rotatable bonds is 3. The van der Waals surface area contributed by atoms with Crippen molar-refractivity contribution in [1.29, 1.82) is 0 Å². The number of anilines is 1. The van der Waals surface area contributed by atoms with E-state index >= 15 is 0 Å². The molecule has 2 aromatic rings. The minimum Gasteiger partial charge on any atom is -0.368 e. The third-order valence-corrected chi connectivity index (χ3v) is 2.82. The van der Waals surface area contributed by atoms with Crippen LogP contribution in [0.4, 0.5) is 18.9 Å². The number of hydrogen-bond donors (Lipinski definition) is 1. The summed E-state index contributed by atoms with van der Waals surface area (Å²) >= 11 is 0. The highest BCUT2D eigenvalue weighted by atomic mass is 19.4. The molecule has 0 aliphatic heterocycles. The number of hydrogen-bond acceptors (Lipinski definition) is 1. The van der Waals surface area contributed by atoms with E-state index in [2.05, 4.69) is 11.2 Å². The summed E-state index contributed by atoms with van der Waals surface area (Å²) in [6.45, 7) is 0. The predicted octanol–water partition coefficient (Wildman–Crippen LogP) is 4.49. The van der Waals surface area contributed by atoms with Gasteiger partial charge in [0.25, 0.3) is 0 Å². The summed E-state index contributed by atoms with van der Waals surface area (Å²) in [7, 11) is 0. The summed E-state index contributed by atoms with van der Waals surface area (Å²) in [6.07, 6.45) is 1.13. The molecule has 0 bridgehead atoms. The molecule has 20 heavy (non-hydrogen) atoms. The maximum atomic E-state index is 12.5. The van der Waals surface area contributed by atoms with E-state index in [0.717, 1.165) is 17.7 Å². The molecule has 0 amide bonds. The van der Waals surface area contributed by atoms with E-state index in [1.807, 2.05) is 30.3 Å². The summed E-state index contributed by atoms with van der Waals surface area (Å²) in [6, 6.07) is 13.7. The van der Waals surface area contributed by atoms with Gasteiger partial charge < -0.3 is 5.32 Å². The molecular weight excluding hydrogens is 263 g/mol. The maximum Gasteiger partial charge on any atom is 0.416 e. The molecule has 0 saturated heterocycles. The lowest BCUT2D eigenvalue weighted by Gasteiger charge is -2.15. The van der Waals surface area contributed by atoms with Crippen LogP contribution in [0.25, 0.3) is 0 Å². The van der Waals surface area contributed by atoms with Crippen molar-refractivity contribution in [1.82, 2.24) is 0 Å². The first-order chi connectivity index (χ1) is 9.50. The highest BCUT2D eigenvalue weighted by molar-refractivity contribution is 5.49. The fourth-order valence-corrected chi connectivity index (χ4v) is 1.79. The van der Waals surface area contributed by atoms with Crippen LogP contribution >= 0.6 is 0 Å². The van der Waals surface area contributed by atoms with Crippen LogP contribution in [0.5, 0.6) is 0 Å². The third-order valence-electron chi connectivity index (χ3n) is 2.82. The molecule has 2 aromatic carbocycles. The average molecular weight is 275 g/mol. The van der Waals surface area contributed by atoms with Gasteiger partial charge in [0.1, 0.15) is 6.04 Å². The minimum atomic E-state index is -4.33. The van der Waals surface area contributed by atoms with Gasteiger partial charge in [-0.1, -0.05) is 36.3 Å². The Labute approximate surface area is 115 Å². The molecule has 0 radical (unpaired) electrons. The van der Waals surface area contributed by atoms with Crippen molar-refractivity contribution in [2.24, 2.45) is 0 Å². The number of halogens is 3. The highest BCUT2D eigenvalue weighted by Crippen LogP contribution is 2.30. The first-order valence-electron chi connectivity index (χ1n) is 5.95. The summed E-state index contributed by atoms with van der Waals surface area (Å²) in [5.74, 6) is 2.58. The molecule has 0 fully saturated rings. The molecule has 102 valence electrons. The van der Waals surface area contributed by atoms with Gasteiger partial charge in [-0.3, -0.25) is 0 Å². The van der Waals surface area contributed by atoms with Crippen LogP contribution in [-0.2, 0) is 6.18 Å². The Hall–Kier alpha value is -2.41. The zero-order valence-electron chi connectivity index (χ0n) is 10.5. The molecule has 0 aromatic heterocycles. The topological polar surface area (TPSA) is 12.0 Å². The van der Waals surface area contributed by atoms with Crippen molar-refractivity contribution in [2.45, 2.75) is 12.2 Å². The Balaban J connectivity index is 2.15. The van der Waals surface area contributed by atoms with Gasteiger partial charge in [-0.05, 0) is 29.8 Å². The molecule has 0 spiro atoms. The van der Waals surface area contributed by atoms with Gasteiger partial charge in [0.15, 0.2) is 0 Å². The number of benzene rings is 2. The molecule has 1 unspecified atom stereocenters. The van der Waals surface area contributed by atoms with Crippen molar-refractivity contribution in [3.8, 4) is 12.3 Å². The summed E-state index contributed by atoms with van der Waals surface area (Å²) in [4.78, 5) is 0. The van der Waals surface area contributed by atoms with E-state index < -0.39 is 11.7 Å². The zero-order chi connectivity index (χ0) is 14.6. The Bertz CT molecular complexity index is 594. The molecule has 1 N–H and O–H groups in total. The monoisotopic (exact) mass is 275 g/mol. The molecule has 0 aliphatic rings. The lowest BCUT2D eigenvalue weighted by molar-refractivity contribution is -0.137. The lowest BCUT2D eigenvalue weighted by Crippen LogP contribution is -2.09. The van der Waals surface area contributed by atoms with Gasteiger partial charge in [0.2, 0.25) is 0 Å². The first kappa shape index (κ1) is 14.0. The van der Waals surface area contributed by atoms with Crippen LogP contribution in [0.1, 0.15) is 17.2 Å². The molecular formula is C16H12F3N. The molecule has 2 rings (SSSR count). The van der Waals surface area contributed by atoms with Crippen molar-refractivity contribution < 1.29 is 13.2 Å². The van der Waals surface area contributed by atoms with Crippen LogP contribution in [0, 0.1) is 12.3 Å². The van der Waals surface area contributed by atoms with Crippen molar-refractivity contribution in [2.75, 3.05) is 5.32 Å². The normalized spacial score (nSPS) is 12.5. The zero-order valence-corrected chi connectivity index (χ0v) is 10.5. The summed E-state index contributed by atoms with van der Waals surface area (Å²) < 4.78 is 37.4. The number of alkyl halides is 3. The van der Waals surface area contributed by atoms with Gasteiger partial charge in [-0.2, -0.15) is 13.2 Å². The van der Waals surface area contributed by atoms with Gasteiger partial charge in [0.05, 0.1) is 5.56 Å².